The van der Waals surface area contributed by atoms with Crippen molar-refractivity contribution in [2.45, 2.75) is 25.2 Å². The van der Waals surface area contributed by atoms with Gasteiger partial charge in [0.1, 0.15) is 6.07 Å². The van der Waals surface area contributed by atoms with E-state index in [1.165, 1.54) is 0 Å². The number of rotatable bonds is 7. The highest BCUT2D eigenvalue weighted by molar-refractivity contribution is 7.99. The van der Waals surface area contributed by atoms with Gasteiger partial charge in [-0.1, -0.05) is 19.9 Å². The molecule has 4 heteroatoms. The van der Waals surface area contributed by atoms with E-state index in [-0.39, 0.29) is 6.61 Å². The molecule has 1 atom stereocenters. The van der Waals surface area contributed by atoms with Crippen LogP contribution in [0.25, 0.3) is 0 Å². The Hall–Kier alpha value is -1.18. The van der Waals surface area contributed by atoms with E-state index < -0.39 is 0 Å². The van der Waals surface area contributed by atoms with Gasteiger partial charge in [0.25, 0.3) is 0 Å². The molecule has 2 N–H and O–H groups in total. The van der Waals surface area contributed by atoms with Crippen molar-refractivity contribution in [3.05, 3.63) is 23.8 Å². The number of anilines is 1. The van der Waals surface area contributed by atoms with Crippen LogP contribution in [0, 0.1) is 17.2 Å². The summed E-state index contributed by atoms with van der Waals surface area (Å²) < 4.78 is 0. The average molecular weight is 264 g/mol. The maximum absolute atomic E-state index is 9.25. The summed E-state index contributed by atoms with van der Waals surface area (Å²) in [5, 5.41) is 21.4. The summed E-state index contributed by atoms with van der Waals surface area (Å²) >= 11 is 1.68. The first-order chi connectivity index (χ1) is 8.72. The lowest BCUT2D eigenvalue weighted by atomic mass is 10.1. The lowest BCUT2D eigenvalue weighted by Crippen LogP contribution is -2.13. The van der Waals surface area contributed by atoms with Crippen LogP contribution in [0.5, 0.6) is 0 Å². The molecule has 0 saturated heterocycles. The minimum absolute atomic E-state index is 0.208. The third kappa shape index (κ3) is 4.25. The highest BCUT2D eigenvalue weighted by Gasteiger charge is 2.08. The second-order valence-corrected chi connectivity index (χ2v) is 5.53. The minimum Gasteiger partial charge on any atom is -0.396 e. The molecule has 98 valence electrons. The molecule has 1 unspecified atom stereocenters. The van der Waals surface area contributed by atoms with Crippen molar-refractivity contribution >= 4 is 17.4 Å². The van der Waals surface area contributed by atoms with Crippen LogP contribution >= 0.6 is 11.8 Å². The van der Waals surface area contributed by atoms with Crippen molar-refractivity contribution in [3.8, 4) is 6.07 Å². The van der Waals surface area contributed by atoms with Crippen molar-refractivity contribution < 1.29 is 5.11 Å². The maximum Gasteiger partial charge on any atom is 0.102 e. The molecular formula is C14H20N2OS. The van der Waals surface area contributed by atoms with Gasteiger partial charge in [0.05, 0.1) is 11.3 Å². The molecule has 0 amide bonds. The molecule has 0 saturated carbocycles. The Kier molecular flexibility index (Phi) is 6.63. The second kappa shape index (κ2) is 8.02. The number of hydrogen-bond acceptors (Lipinski definition) is 4. The number of thioether (sulfide) groups is 1. The van der Waals surface area contributed by atoms with Gasteiger partial charge in [-0.25, -0.2) is 0 Å². The van der Waals surface area contributed by atoms with Crippen LogP contribution in [0.3, 0.4) is 0 Å². The summed E-state index contributed by atoms with van der Waals surface area (Å²) in [6.45, 7) is 5.14. The van der Waals surface area contributed by atoms with E-state index in [0.29, 0.717) is 5.92 Å². The van der Waals surface area contributed by atoms with Crippen LogP contribution in [-0.2, 0) is 0 Å². The highest BCUT2D eigenvalue weighted by Crippen LogP contribution is 2.27. The Morgan fingerprint density at radius 3 is 2.89 bits per heavy atom. The van der Waals surface area contributed by atoms with Gasteiger partial charge < -0.3 is 10.4 Å². The number of hydrogen-bond donors (Lipinski definition) is 2. The molecule has 1 rings (SSSR count). The van der Waals surface area contributed by atoms with Crippen LogP contribution in [0.1, 0.15) is 25.8 Å². The van der Waals surface area contributed by atoms with Gasteiger partial charge >= 0.3 is 0 Å². The van der Waals surface area contributed by atoms with Gasteiger partial charge in [-0.05, 0) is 30.2 Å². The van der Waals surface area contributed by atoms with E-state index >= 15 is 0 Å². The van der Waals surface area contributed by atoms with Gasteiger partial charge in [0, 0.05) is 18.0 Å². The Labute approximate surface area is 113 Å². The molecule has 0 aliphatic rings. The van der Waals surface area contributed by atoms with E-state index in [1.807, 2.05) is 18.2 Å². The predicted molar refractivity (Wildman–Crippen MR) is 76.9 cm³/mol. The smallest absolute Gasteiger partial charge is 0.102 e. The fourth-order valence-electron chi connectivity index (χ4n) is 1.68. The Balaban J connectivity index is 2.76. The third-order valence-electron chi connectivity index (χ3n) is 2.70. The van der Waals surface area contributed by atoms with Crippen LogP contribution in [0.4, 0.5) is 5.69 Å². The Morgan fingerprint density at radius 1 is 1.50 bits per heavy atom. The summed E-state index contributed by atoms with van der Waals surface area (Å²) in [4.78, 5) is 1.03. The topological polar surface area (TPSA) is 56.0 Å². The minimum atomic E-state index is 0.208. The number of aliphatic hydroxyl groups excluding tert-OH is 1. The predicted octanol–water partition coefficient (Wildman–Crippen LogP) is 3.10. The number of nitrogens with zero attached hydrogens (tertiary/aromatic N) is 1. The molecule has 0 aliphatic carbocycles. The van der Waals surface area contributed by atoms with Crippen LogP contribution < -0.4 is 5.32 Å². The molecule has 1 aromatic carbocycles. The van der Waals surface area contributed by atoms with E-state index in [9.17, 15) is 5.26 Å². The zero-order valence-electron chi connectivity index (χ0n) is 10.9. The van der Waals surface area contributed by atoms with Gasteiger partial charge in [-0.2, -0.15) is 5.26 Å². The molecule has 0 radical (unpaired) electrons. The second-order valence-electron chi connectivity index (χ2n) is 4.22. The van der Waals surface area contributed by atoms with E-state index in [2.05, 4.69) is 25.2 Å². The summed E-state index contributed by atoms with van der Waals surface area (Å²) in [5.41, 5.74) is 1.61. The average Bonchev–Trinajstić information content (AvgIpc) is 2.37. The highest BCUT2D eigenvalue weighted by atomic mass is 32.2. The Morgan fingerprint density at radius 2 is 2.28 bits per heavy atom. The molecule has 0 aromatic heterocycles. The lowest BCUT2D eigenvalue weighted by Gasteiger charge is -2.14. The first-order valence-electron chi connectivity index (χ1n) is 6.23. The molecule has 0 bridgehead atoms. The summed E-state index contributed by atoms with van der Waals surface area (Å²) in [5.74, 6) is 1.35. The zero-order valence-corrected chi connectivity index (χ0v) is 11.8. The summed E-state index contributed by atoms with van der Waals surface area (Å²) in [6.07, 6.45) is 0.776. The first-order valence-corrected chi connectivity index (χ1v) is 7.22. The van der Waals surface area contributed by atoms with Gasteiger partial charge in [-0.3, -0.25) is 0 Å². The van der Waals surface area contributed by atoms with E-state index in [0.717, 1.165) is 34.9 Å². The van der Waals surface area contributed by atoms with Crippen molar-refractivity contribution in [1.82, 2.24) is 0 Å². The summed E-state index contributed by atoms with van der Waals surface area (Å²) in [6, 6.07) is 8.16. The molecular weight excluding hydrogens is 244 g/mol. The van der Waals surface area contributed by atoms with Crippen molar-refractivity contribution in [3.63, 3.8) is 0 Å². The number of aliphatic hydroxyl groups is 1. The standard InChI is InChI=1S/C14H20N2OS/c1-3-18-14-6-4-5-13(12(14)9-15)16-10-11(2)7-8-17/h4-6,11,16-17H,3,7-8,10H2,1-2H3. The normalized spacial score (nSPS) is 11.9. The first kappa shape index (κ1) is 14.9. The molecule has 0 aliphatic heterocycles. The Bertz CT molecular complexity index is 415. The van der Waals surface area contributed by atoms with Gasteiger partial charge in [0.15, 0.2) is 0 Å². The quantitative estimate of drug-likeness (QED) is 0.743. The van der Waals surface area contributed by atoms with Crippen LogP contribution in [0.15, 0.2) is 23.1 Å². The van der Waals surface area contributed by atoms with Crippen molar-refractivity contribution in [2.75, 3.05) is 24.2 Å². The van der Waals surface area contributed by atoms with Crippen molar-refractivity contribution in [2.24, 2.45) is 5.92 Å². The molecule has 0 spiro atoms. The zero-order chi connectivity index (χ0) is 13.4. The molecule has 18 heavy (non-hydrogen) atoms. The molecule has 1 aromatic rings. The largest absolute Gasteiger partial charge is 0.396 e. The number of benzene rings is 1. The van der Waals surface area contributed by atoms with Gasteiger partial charge in [0.2, 0.25) is 0 Å². The fraction of sp³-hybridized carbons (Fsp3) is 0.500. The monoisotopic (exact) mass is 264 g/mol. The van der Waals surface area contributed by atoms with Gasteiger partial charge in [-0.15, -0.1) is 11.8 Å². The van der Waals surface area contributed by atoms with Crippen molar-refractivity contribution in [1.29, 1.82) is 5.26 Å². The van der Waals surface area contributed by atoms with Crippen LogP contribution in [-0.4, -0.2) is 24.0 Å². The fourth-order valence-corrected chi connectivity index (χ4v) is 2.46. The molecule has 0 fully saturated rings. The molecule has 0 heterocycles. The summed E-state index contributed by atoms with van der Waals surface area (Å²) in [7, 11) is 0. The number of nitrogens with one attached hydrogen (secondary N) is 1. The lowest BCUT2D eigenvalue weighted by molar-refractivity contribution is 0.266. The SMILES string of the molecule is CCSc1cccc(NCC(C)CCO)c1C#N. The van der Waals surface area contributed by atoms with E-state index in [4.69, 9.17) is 5.11 Å². The molecule has 3 nitrogen and oxygen atoms in total. The maximum atomic E-state index is 9.25. The number of nitriles is 1. The van der Waals surface area contributed by atoms with E-state index in [1.54, 1.807) is 11.8 Å². The van der Waals surface area contributed by atoms with Crippen LogP contribution in [0.2, 0.25) is 0 Å². The third-order valence-corrected chi connectivity index (χ3v) is 3.64.